The van der Waals surface area contributed by atoms with Crippen molar-refractivity contribution >= 4 is 17.7 Å². The first-order valence-corrected chi connectivity index (χ1v) is 10.1. The first kappa shape index (κ1) is 19.3. The van der Waals surface area contributed by atoms with Crippen LogP contribution in [0.5, 0.6) is 11.5 Å². The lowest BCUT2D eigenvalue weighted by atomic mass is 10.00. The van der Waals surface area contributed by atoms with E-state index >= 15 is 0 Å². The van der Waals surface area contributed by atoms with Crippen molar-refractivity contribution in [1.82, 2.24) is 0 Å². The summed E-state index contributed by atoms with van der Waals surface area (Å²) in [6.45, 7) is 2.97. The number of allylic oxidation sites excluding steroid dienone is 4. The molecule has 0 saturated carbocycles. The summed E-state index contributed by atoms with van der Waals surface area (Å²) in [6, 6.07) is 14.3. The number of ether oxygens (including phenoxy) is 2. The maximum absolute atomic E-state index is 6.17. The molecule has 0 radical (unpaired) electrons. The Hall–Kier alpha value is -3.04. The lowest BCUT2D eigenvalue weighted by molar-refractivity contribution is 0.217. The Balaban J connectivity index is 1.29. The van der Waals surface area contributed by atoms with E-state index in [0.29, 0.717) is 13.2 Å². The summed E-state index contributed by atoms with van der Waals surface area (Å²) >= 11 is 0. The zero-order chi connectivity index (χ0) is 20.1. The van der Waals surface area contributed by atoms with E-state index in [-0.39, 0.29) is 0 Å². The van der Waals surface area contributed by atoms with E-state index in [1.807, 2.05) is 43.3 Å². The third kappa shape index (κ3) is 5.07. The average molecular weight is 386 g/mol. The van der Waals surface area contributed by atoms with Crippen LogP contribution in [-0.2, 0) is 0 Å². The monoisotopic (exact) mass is 385 g/mol. The van der Waals surface area contributed by atoms with Crippen LogP contribution in [0.15, 0.2) is 72.8 Å². The fraction of sp³-hybridized carbons (Fsp3) is 0.231. The summed E-state index contributed by atoms with van der Waals surface area (Å²) < 4.78 is 11.7. The molecule has 1 unspecified atom stereocenters. The number of rotatable bonds is 6. The third-order valence-corrected chi connectivity index (χ3v) is 5.11. The van der Waals surface area contributed by atoms with Crippen LogP contribution in [0.25, 0.3) is 17.7 Å². The van der Waals surface area contributed by atoms with E-state index in [4.69, 9.17) is 15.2 Å². The molecule has 2 aliphatic carbocycles. The molecule has 0 aromatic heterocycles. The molecule has 1 atom stereocenters. The van der Waals surface area contributed by atoms with Gasteiger partial charge in [-0.3, -0.25) is 0 Å². The molecule has 0 heterocycles. The lowest BCUT2D eigenvalue weighted by Crippen LogP contribution is -2.29. The maximum atomic E-state index is 6.17. The van der Waals surface area contributed by atoms with Crippen molar-refractivity contribution in [2.45, 2.75) is 25.3 Å². The van der Waals surface area contributed by atoms with Crippen molar-refractivity contribution in [3.05, 3.63) is 89.5 Å². The Labute approximate surface area is 172 Å². The van der Waals surface area contributed by atoms with Crippen molar-refractivity contribution in [3.63, 3.8) is 0 Å². The molecule has 0 bridgehead atoms. The first-order valence-electron chi connectivity index (χ1n) is 10.1. The van der Waals surface area contributed by atoms with Crippen molar-refractivity contribution in [3.8, 4) is 11.5 Å². The van der Waals surface area contributed by atoms with Crippen LogP contribution in [0.3, 0.4) is 0 Å². The molecule has 3 heteroatoms. The Bertz CT molecular complexity index is 978. The van der Waals surface area contributed by atoms with Gasteiger partial charge >= 0.3 is 0 Å². The van der Waals surface area contributed by atoms with Crippen LogP contribution in [0.4, 0.5) is 0 Å². The largest absolute Gasteiger partial charge is 0.490 e. The van der Waals surface area contributed by atoms with E-state index in [2.05, 4.69) is 48.6 Å². The Kier molecular flexibility index (Phi) is 5.68. The van der Waals surface area contributed by atoms with Gasteiger partial charge in [0.05, 0.1) is 5.54 Å². The smallest absolute Gasteiger partial charge is 0.122 e. The predicted octanol–water partition coefficient (Wildman–Crippen LogP) is 5.64. The minimum Gasteiger partial charge on any atom is -0.490 e. The molecule has 0 amide bonds. The molecular weight excluding hydrogens is 358 g/mol. The lowest BCUT2D eigenvalue weighted by Gasteiger charge is -2.12. The average Bonchev–Trinajstić information content (AvgIpc) is 2.90. The first-order chi connectivity index (χ1) is 14.1. The second-order valence-corrected chi connectivity index (χ2v) is 7.68. The molecule has 0 fully saturated rings. The molecule has 148 valence electrons. The zero-order valence-electron chi connectivity index (χ0n) is 16.8. The highest BCUT2D eigenvalue weighted by Crippen LogP contribution is 2.26. The van der Waals surface area contributed by atoms with Crippen LogP contribution < -0.4 is 15.2 Å². The van der Waals surface area contributed by atoms with Crippen LogP contribution in [0.2, 0.25) is 0 Å². The van der Waals surface area contributed by atoms with Gasteiger partial charge in [0, 0.05) is 0 Å². The van der Waals surface area contributed by atoms with Crippen LogP contribution >= 0.6 is 0 Å². The fourth-order valence-corrected chi connectivity index (χ4v) is 3.42. The number of nitrogens with two attached hydrogens (primary N) is 1. The Morgan fingerprint density at radius 3 is 2.24 bits per heavy atom. The fourth-order valence-electron chi connectivity index (χ4n) is 3.42. The van der Waals surface area contributed by atoms with Gasteiger partial charge in [-0.1, -0.05) is 60.7 Å². The molecule has 29 heavy (non-hydrogen) atoms. The highest BCUT2D eigenvalue weighted by atomic mass is 16.5. The maximum Gasteiger partial charge on any atom is 0.122 e. The Morgan fingerprint density at radius 1 is 0.828 bits per heavy atom. The third-order valence-electron chi connectivity index (χ3n) is 5.11. The number of hydrogen-bond donors (Lipinski definition) is 1. The normalized spacial score (nSPS) is 20.0. The van der Waals surface area contributed by atoms with Crippen molar-refractivity contribution in [2.75, 3.05) is 13.2 Å². The quantitative estimate of drug-likeness (QED) is 0.655. The molecule has 0 aliphatic heterocycles. The van der Waals surface area contributed by atoms with Gasteiger partial charge in [0.1, 0.15) is 24.7 Å². The Morgan fingerprint density at radius 2 is 1.52 bits per heavy atom. The molecule has 3 nitrogen and oxygen atoms in total. The summed E-state index contributed by atoms with van der Waals surface area (Å²) in [4.78, 5) is 0. The molecular formula is C26H27NO2. The van der Waals surface area contributed by atoms with E-state index < -0.39 is 5.54 Å². The molecule has 4 rings (SSSR count). The van der Waals surface area contributed by atoms with Gasteiger partial charge in [0.25, 0.3) is 0 Å². The number of benzene rings is 2. The van der Waals surface area contributed by atoms with Gasteiger partial charge in [0.2, 0.25) is 0 Å². The van der Waals surface area contributed by atoms with Crippen LogP contribution in [0.1, 0.15) is 36.5 Å². The molecule has 2 aliphatic rings. The highest BCUT2D eigenvalue weighted by Gasteiger charge is 2.13. The summed E-state index contributed by atoms with van der Waals surface area (Å²) in [5.74, 6) is 1.69. The molecule has 2 aromatic rings. The summed E-state index contributed by atoms with van der Waals surface area (Å²) in [7, 11) is 0. The minimum atomic E-state index is -0.423. The van der Waals surface area contributed by atoms with Crippen molar-refractivity contribution < 1.29 is 9.47 Å². The molecule has 2 N–H and O–H groups in total. The molecule has 0 saturated heterocycles. The minimum absolute atomic E-state index is 0.423. The summed E-state index contributed by atoms with van der Waals surface area (Å²) in [5, 5.41) is 0. The number of hydrogen-bond acceptors (Lipinski definition) is 3. The van der Waals surface area contributed by atoms with Crippen LogP contribution in [-0.4, -0.2) is 18.8 Å². The van der Waals surface area contributed by atoms with Crippen LogP contribution in [0, 0.1) is 0 Å². The van der Waals surface area contributed by atoms with E-state index in [1.54, 1.807) is 0 Å². The molecule has 2 aromatic carbocycles. The second-order valence-electron chi connectivity index (χ2n) is 7.68. The van der Waals surface area contributed by atoms with Gasteiger partial charge in [-0.2, -0.15) is 0 Å². The second kappa shape index (κ2) is 8.54. The summed E-state index contributed by atoms with van der Waals surface area (Å²) in [5.41, 5.74) is 10.5. The number of fused-ring (bicyclic) bond motifs is 1. The SMILES string of the molecule is CC1(N)C=Cc2ccc(OCCOc3ccc(C4=CCCC=C4)cc3)cc2C=C1. The van der Waals surface area contributed by atoms with Gasteiger partial charge in [-0.25, -0.2) is 0 Å². The topological polar surface area (TPSA) is 44.5 Å². The highest BCUT2D eigenvalue weighted by molar-refractivity contribution is 5.75. The molecule has 0 spiro atoms. The van der Waals surface area contributed by atoms with E-state index in [1.165, 1.54) is 11.1 Å². The van der Waals surface area contributed by atoms with Gasteiger partial charge in [-0.05, 0) is 66.3 Å². The van der Waals surface area contributed by atoms with E-state index in [0.717, 1.165) is 35.5 Å². The van der Waals surface area contributed by atoms with Gasteiger partial charge in [0.15, 0.2) is 0 Å². The standard InChI is InChI=1S/C26H27NO2/c1-26(27)15-13-22-9-12-25(19-23(22)14-16-26)29-18-17-28-24-10-7-21(8-11-24)20-5-3-2-4-6-20/h3,5-16,19H,2,4,17-18,27H2,1H3. The van der Waals surface area contributed by atoms with E-state index in [9.17, 15) is 0 Å². The predicted molar refractivity (Wildman–Crippen MR) is 121 cm³/mol. The van der Waals surface area contributed by atoms with Crippen molar-refractivity contribution in [1.29, 1.82) is 0 Å². The zero-order valence-corrected chi connectivity index (χ0v) is 16.8. The van der Waals surface area contributed by atoms with Crippen molar-refractivity contribution in [2.24, 2.45) is 5.73 Å². The summed E-state index contributed by atoms with van der Waals surface area (Å²) in [6.07, 6.45) is 17.1. The van der Waals surface area contributed by atoms with Gasteiger partial charge in [-0.15, -0.1) is 0 Å². The van der Waals surface area contributed by atoms with Gasteiger partial charge < -0.3 is 15.2 Å².